The monoisotopic (exact) mass is 488 g/mol. The van der Waals surface area contributed by atoms with Gasteiger partial charge in [-0.2, -0.15) is 16.8 Å². The van der Waals surface area contributed by atoms with Gasteiger partial charge in [0.25, 0.3) is 6.29 Å². The molecule has 2 atom stereocenters. The largest absolute Gasteiger partial charge is 0.453 e. The number of hydrogen-bond acceptors (Lipinski definition) is 9. The number of rotatable bonds is 6. The zero-order chi connectivity index (χ0) is 23.2. The summed E-state index contributed by atoms with van der Waals surface area (Å²) in [6, 6.07) is 17.3. The Bertz CT molecular complexity index is 1430. The second kappa shape index (κ2) is 7.78. The van der Waals surface area contributed by atoms with Crippen LogP contribution in [0.15, 0.2) is 82.6 Å². The molecule has 1 fully saturated rings. The number of hydrogen-bond donors (Lipinski definition) is 0. The molecule has 2 aliphatic rings. The smallest absolute Gasteiger partial charge is 0.339 e. The predicted molar refractivity (Wildman–Crippen MR) is 113 cm³/mol. The quantitative estimate of drug-likeness (QED) is 0.381. The van der Waals surface area contributed by atoms with E-state index in [0.717, 1.165) is 6.07 Å². The fraction of sp³-hybridized carbons (Fsp3) is 0.136. The van der Waals surface area contributed by atoms with E-state index in [1.165, 1.54) is 42.5 Å². The molecule has 11 heteroatoms. The first-order valence-electron chi connectivity index (χ1n) is 9.76. The maximum atomic E-state index is 12.9. The third-order valence-electron chi connectivity index (χ3n) is 5.12. The molecule has 2 aliphatic heterocycles. The van der Waals surface area contributed by atoms with Crippen molar-refractivity contribution in [3.8, 4) is 17.2 Å². The second-order valence-electron chi connectivity index (χ2n) is 7.32. The maximum absolute atomic E-state index is 12.9. The third kappa shape index (κ3) is 4.00. The average molecular weight is 488 g/mol. The average Bonchev–Trinajstić information content (AvgIpc) is 3.29. The normalized spacial score (nSPS) is 19.2. The van der Waals surface area contributed by atoms with Gasteiger partial charge in [-0.1, -0.05) is 36.4 Å². The molecule has 0 spiro atoms. The van der Waals surface area contributed by atoms with Gasteiger partial charge in [0.2, 0.25) is 0 Å². The lowest BCUT2D eigenvalue weighted by Crippen LogP contribution is -2.15. The van der Waals surface area contributed by atoms with Crippen LogP contribution in [0, 0.1) is 0 Å². The van der Waals surface area contributed by atoms with Crippen molar-refractivity contribution in [2.75, 3.05) is 0 Å². The molecule has 33 heavy (non-hydrogen) atoms. The maximum Gasteiger partial charge on any atom is 0.339 e. The predicted octanol–water partition coefficient (Wildman–Crippen LogP) is 2.97. The summed E-state index contributed by atoms with van der Waals surface area (Å²) in [5, 5.41) is 0. The summed E-state index contributed by atoms with van der Waals surface area (Å²) in [7, 11) is -8.49. The van der Waals surface area contributed by atoms with Crippen LogP contribution in [0.1, 0.15) is 17.9 Å². The van der Waals surface area contributed by atoms with Gasteiger partial charge in [-0.25, -0.2) is 0 Å². The Kier molecular flexibility index (Phi) is 5.02. The molecule has 2 heterocycles. The number of fused-ring (bicyclic) bond motifs is 3. The van der Waals surface area contributed by atoms with Crippen LogP contribution in [0.25, 0.3) is 0 Å². The number of carbonyl (C=O) groups excluding carboxylic acids is 1. The van der Waals surface area contributed by atoms with Gasteiger partial charge in [-0.05, 0) is 24.3 Å². The van der Waals surface area contributed by atoms with Crippen LogP contribution in [0.4, 0.5) is 0 Å². The Balaban J connectivity index is 1.57. The number of ether oxygens (including phenoxy) is 2. The topological polar surface area (TPSA) is 122 Å². The van der Waals surface area contributed by atoms with Gasteiger partial charge in [0.1, 0.15) is 21.3 Å². The van der Waals surface area contributed by atoms with Crippen molar-refractivity contribution >= 4 is 26.2 Å². The summed E-state index contributed by atoms with van der Waals surface area (Å²) in [5.74, 6) is -1.42. The second-order valence-corrected chi connectivity index (χ2v) is 10.4. The van der Waals surface area contributed by atoms with E-state index >= 15 is 0 Å². The number of esters is 1. The minimum Gasteiger partial charge on any atom is -0.453 e. The van der Waals surface area contributed by atoms with E-state index in [-0.39, 0.29) is 39.0 Å². The standard InChI is InChI=1S/C22H16O9S2/c23-20-13-17-21-18(28-22(17)29-20)11-14(30-32(24,25)15-7-3-1-4-8-15)12-19(21)31-33(26,27)16-9-5-2-6-10-16/h1-12,17,22H,13H2. The SMILES string of the molecule is O=C1CC2c3c(cc(OS(=O)(=O)c4ccccc4)cc3OS(=O)(=O)c3ccccc3)OC2O1. The van der Waals surface area contributed by atoms with Crippen molar-refractivity contribution < 1.29 is 39.5 Å². The zero-order valence-corrected chi connectivity index (χ0v) is 18.4. The summed E-state index contributed by atoms with van der Waals surface area (Å²) in [5.41, 5.74) is 0.287. The summed E-state index contributed by atoms with van der Waals surface area (Å²) < 4.78 is 72.4. The molecule has 0 aliphatic carbocycles. The van der Waals surface area contributed by atoms with Crippen LogP contribution in [0.2, 0.25) is 0 Å². The molecule has 2 unspecified atom stereocenters. The van der Waals surface area contributed by atoms with Crippen molar-refractivity contribution in [1.82, 2.24) is 0 Å². The van der Waals surface area contributed by atoms with Gasteiger partial charge in [-0.15, -0.1) is 0 Å². The first kappa shape index (κ1) is 21.3. The highest BCUT2D eigenvalue weighted by molar-refractivity contribution is 7.87. The highest BCUT2D eigenvalue weighted by atomic mass is 32.2. The Morgan fingerprint density at radius 2 is 1.33 bits per heavy atom. The highest BCUT2D eigenvalue weighted by Gasteiger charge is 2.47. The molecule has 0 amide bonds. The van der Waals surface area contributed by atoms with Crippen molar-refractivity contribution in [3.63, 3.8) is 0 Å². The van der Waals surface area contributed by atoms with E-state index in [0.29, 0.717) is 0 Å². The summed E-state index contributed by atoms with van der Waals surface area (Å²) in [6.07, 6.45) is -1.00. The summed E-state index contributed by atoms with van der Waals surface area (Å²) in [6.45, 7) is 0. The Hall–Kier alpha value is -3.57. The first-order valence-corrected chi connectivity index (χ1v) is 12.6. The van der Waals surface area contributed by atoms with Crippen LogP contribution in [-0.2, 0) is 29.8 Å². The molecule has 5 rings (SSSR count). The number of benzene rings is 3. The van der Waals surface area contributed by atoms with E-state index in [9.17, 15) is 21.6 Å². The molecule has 0 aromatic heterocycles. The fourth-order valence-corrected chi connectivity index (χ4v) is 5.57. The van der Waals surface area contributed by atoms with E-state index in [1.54, 1.807) is 24.3 Å². The molecule has 1 saturated heterocycles. The van der Waals surface area contributed by atoms with Gasteiger partial charge in [0.05, 0.1) is 12.3 Å². The van der Waals surface area contributed by atoms with Crippen molar-refractivity contribution in [2.24, 2.45) is 0 Å². The Labute approximate surface area is 189 Å². The molecule has 170 valence electrons. The molecule has 0 radical (unpaired) electrons. The molecule has 9 nitrogen and oxygen atoms in total. The van der Waals surface area contributed by atoms with Gasteiger partial charge >= 0.3 is 26.2 Å². The number of carbonyl (C=O) groups is 1. The van der Waals surface area contributed by atoms with Crippen LogP contribution < -0.4 is 13.1 Å². The molecule has 0 bridgehead atoms. The molecule has 3 aromatic rings. The minimum atomic E-state index is -4.28. The lowest BCUT2D eigenvalue weighted by molar-refractivity contribution is -0.150. The van der Waals surface area contributed by atoms with Crippen molar-refractivity contribution in [2.45, 2.75) is 28.4 Å². The van der Waals surface area contributed by atoms with Crippen LogP contribution in [-0.4, -0.2) is 29.1 Å². The fourth-order valence-electron chi connectivity index (χ4n) is 3.68. The van der Waals surface area contributed by atoms with Gasteiger partial charge < -0.3 is 17.8 Å². The first-order chi connectivity index (χ1) is 15.7. The van der Waals surface area contributed by atoms with Crippen molar-refractivity contribution in [1.29, 1.82) is 0 Å². The molecule has 0 N–H and O–H groups in total. The van der Waals surface area contributed by atoms with Crippen molar-refractivity contribution in [3.05, 3.63) is 78.4 Å². The molecular weight excluding hydrogens is 472 g/mol. The third-order valence-corrected chi connectivity index (χ3v) is 7.63. The molecule has 0 saturated carbocycles. The Morgan fingerprint density at radius 1 is 0.758 bits per heavy atom. The highest BCUT2D eigenvalue weighted by Crippen LogP contribution is 2.51. The molecular formula is C22H16O9S2. The summed E-state index contributed by atoms with van der Waals surface area (Å²) in [4.78, 5) is 11.5. The van der Waals surface area contributed by atoms with E-state index in [4.69, 9.17) is 17.8 Å². The van der Waals surface area contributed by atoms with E-state index < -0.39 is 38.4 Å². The molecule has 3 aromatic carbocycles. The van der Waals surface area contributed by atoms with Gasteiger partial charge in [-0.3, -0.25) is 4.79 Å². The zero-order valence-electron chi connectivity index (χ0n) is 16.8. The van der Waals surface area contributed by atoms with Crippen LogP contribution in [0.3, 0.4) is 0 Å². The Morgan fingerprint density at radius 3 is 1.94 bits per heavy atom. The van der Waals surface area contributed by atoms with Crippen LogP contribution >= 0.6 is 0 Å². The van der Waals surface area contributed by atoms with Crippen LogP contribution in [0.5, 0.6) is 17.2 Å². The van der Waals surface area contributed by atoms with Gasteiger partial charge in [0.15, 0.2) is 5.75 Å². The van der Waals surface area contributed by atoms with E-state index in [1.807, 2.05) is 0 Å². The van der Waals surface area contributed by atoms with Gasteiger partial charge in [0, 0.05) is 17.7 Å². The lowest BCUT2D eigenvalue weighted by atomic mass is 9.97. The van der Waals surface area contributed by atoms with E-state index in [2.05, 4.69) is 0 Å². The lowest BCUT2D eigenvalue weighted by Gasteiger charge is -2.14. The minimum absolute atomic E-state index is 0.0398. The summed E-state index contributed by atoms with van der Waals surface area (Å²) >= 11 is 0.